The molecule has 5 heteroatoms. The van der Waals surface area contributed by atoms with E-state index in [1.165, 1.54) is 6.07 Å². The number of para-hydroxylation sites is 1. The second-order valence-corrected chi connectivity index (χ2v) is 4.68. The van der Waals surface area contributed by atoms with E-state index in [4.69, 9.17) is 4.74 Å². The SMILES string of the molecule is CCOc1ccc(Nc2nc3c(F)cccc3n2C)cc1. The van der Waals surface area contributed by atoms with Crippen molar-refractivity contribution in [2.24, 2.45) is 7.05 Å². The van der Waals surface area contributed by atoms with Gasteiger partial charge in [0.05, 0.1) is 12.1 Å². The van der Waals surface area contributed by atoms with E-state index >= 15 is 0 Å². The van der Waals surface area contributed by atoms with Crippen LogP contribution in [-0.2, 0) is 7.05 Å². The Morgan fingerprint density at radius 3 is 2.62 bits per heavy atom. The Hall–Kier alpha value is -2.56. The summed E-state index contributed by atoms with van der Waals surface area (Å²) in [6, 6.07) is 12.5. The first kappa shape index (κ1) is 13.4. The Bertz CT molecular complexity index is 765. The van der Waals surface area contributed by atoms with E-state index in [0.717, 1.165) is 17.0 Å². The fourth-order valence-corrected chi connectivity index (χ4v) is 2.22. The quantitative estimate of drug-likeness (QED) is 0.791. The van der Waals surface area contributed by atoms with Gasteiger partial charge in [0.15, 0.2) is 5.82 Å². The van der Waals surface area contributed by atoms with Gasteiger partial charge in [0.25, 0.3) is 0 Å². The van der Waals surface area contributed by atoms with Crippen molar-refractivity contribution < 1.29 is 9.13 Å². The predicted octanol–water partition coefficient (Wildman–Crippen LogP) is 3.85. The minimum Gasteiger partial charge on any atom is -0.494 e. The smallest absolute Gasteiger partial charge is 0.208 e. The second kappa shape index (κ2) is 5.44. The molecule has 108 valence electrons. The van der Waals surface area contributed by atoms with Crippen LogP contribution in [0.5, 0.6) is 5.75 Å². The van der Waals surface area contributed by atoms with Crippen LogP contribution in [0.25, 0.3) is 11.0 Å². The van der Waals surface area contributed by atoms with Gasteiger partial charge in [-0.1, -0.05) is 6.07 Å². The summed E-state index contributed by atoms with van der Waals surface area (Å²) in [5.41, 5.74) is 1.99. The van der Waals surface area contributed by atoms with Crippen LogP contribution in [-0.4, -0.2) is 16.2 Å². The molecule has 0 atom stereocenters. The van der Waals surface area contributed by atoms with E-state index in [2.05, 4.69) is 10.3 Å². The van der Waals surface area contributed by atoms with E-state index in [-0.39, 0.29) is 5.82 Å². The molecular formula is C16H16FN3O. The molecule has 0 spiro atoms. The van der Waals surface area contributed by atoms with Crippen LogP contribution in [0.4, 0.5) is 16.0 Å². The molecule has 0 saturated carbocycles. The van der Waals surface area contributed by atoms with E-state index in [1.54, 1.807) is 6.07 Å². The average molecular weight is 285 g/mol. The number of hydrogen-bond acceptors (Lipinski definition) is 3. The van der Waals surface area contributed by atoms with Gasteiger partial charge in [-0.05, 0) is 43.3 Å². The Kier molecular flexibility index (Phi) is 3.48. The largest absolute Gasteiger partial charge is 0.494 e. The van der Waals surface area contributed by atoms with E-state index in [0.29, 0.717) is 18.1 Å². The zero-order valence-electron chi connectivity index (χ0n) is 11.9. The van der Waals surface area contributed by atoms with Gasteiger partial charge in [-0.2, -0.15) is 0 Å². The molecule has 0 saturated heterocycles. The van der Waals surface area contributed by atoms with Crippen LogP contribution < -0.4 is 10.1 Å². The summed E-state index contributed by atoms with van der Waals surface area (Å²) in [5, 5.41) is 3.19. The minimum absolute atomic E-state index is 0.317. The maximum Gasteiger partial charge on any atom is 0.208 e. The Balaban J connectivity index is 1.91. The molecule has 1 aromatic heterocycles. The first-order chi connectivity index (χ1) is 10.2. The second-order valence-electron chi connectivity index (χ2n) is 4.68. The summed E-state index contributed by atoms with van der Waals surface area (Å²) < 4.78 is 21.0. The number of nitrogens with zero attached hydrogens (tertiary/aromatic N) is 2. The highest BCUT2D eigenvalue weighted by atomic mass is 19.1. The third-order valence-corrected chi connectivity index (χ3v) is 3.28. The summed E-state index contributed by atoms with van der Waals surface area (Å²) >= 11 is 0. The minimum atomic E-state index is -0.317. The van der Waals surface area contributed by atoms with Gasteiger partial charge in [-0.3, -0.25) is 0 Å². The van der Waals surface area contributed by atoms with Gasteiger partial charge in [0, 0.05) is 12.7 Å². The number of benzene rings is 2. The van der Waals surface area contributed by atoms with Crippen LogP contribution in [0.15, 0.2) is 42.5 Å². The Labute approximate surface area is 122 Å². The monoisotopic (exact) mass is 285 g/mol. The summed E-state index contributed by atoms with van der Waals surface area (Å²) in [6.45, 7) is 2.58. The lowest BCUT2D eigenvalue weighted by Gasteiger charge is -2.07. The number of aryl methyl sites for hydroxylation is 1. The van der Waals surface area contributed by atoms with Gasteiger partial charge < -0.3 is 14.6 Å². The molecule has 21 heavy (non-hydrogen) atoms. The van der Waals surface area contributed by atoms with Crippen molar-refractivity contribution in [3.8, 4) is 5.75 Å². The fourth-order valence-electron chi connectivity index (χ4n) is 2.22. The highest BCUT2D eigenvalue weighted by Crippen LogP contribution is 2.24. The molecule has 0 radical (unpaired) electrons. The summed E-state index contributed by atoms with van der Waals surface area (Å²) in [4.78, 5) is 4.31. The number of nitrogens with one attached hydrogen (secondary N) is 1. The lowest BCUT2D eigenvalue weighted by Crippen LogP contribution is -1.99. The van der Waals surface area contributed by atoms with Crippen LogP contribution in [0.1, 0.15) is 6.92 Å². The topological polar surface area (TPSA) is 39.1 Å². The van der Waals surface area contributed by atoms with Gasteiger partial charge in [0.1, 0.15) is 11.3 Å². The fraction of sp³-hybridized carbons (Fsp3) is 0.188. The van der Waals surface area contributed by atoms with Crippen LogP contribution in [0.3, 0.4) is 0 Å². The molecule has 1 heterocycles. The number of ether oxygens (including phenoxy) is 1. The summed E-state index contributed by atoms with van der Waals surface area (Å²) in [7, 11) is 1.85. The molecule has 0 amide bonds. The first-order valence-corrected chi connectivity index (χ1v) is 6.80. The molecule has 1 N–H and O–H groups in total. The van der Waals surface area contributed by atoms with Gasteiger partial charge in [-0.25, -0.2) is 9.37 Å². The molecule has 4 nitrogen and oxygen atoms in total. The summed E-state index contributed by atoms with van der Waals surface area (Å²) in [6.07, 6.45) is 0. The molecule has 0 aliphatic rings. The van der Waals surface area contributed by atoms with E-state index < -0.39 is 0 Å². The normalized spacial score (nSPS) is 10.8. The number of halogens is 1. The van der Waals surface area contributed by atoms with Crippen LogP contribution in [0.2, 0.25) is 0 Å². The maximum atomic E-state index is 13.7. The highest BCUT2D eigenvalue weighted by Gasteiger charge is 2.11. The molecule has 0 aliphatic carbocycles. The molecule has 2 aromatic carbocycles. The van der Waals surface area contributed by atoms with E-state index in [9.17, 15) is 4.39 Å². The lowest BCUT2D eigenvalue weighted by molar-refractivity contribution is 0.340. The van der Waals surface area contributed by atoms with Gasteiger partial charge >= 0.3 is 0 Å². The molecule has 0 fully saturated rings. The van der Waals surface area contributed by atoms with Gasteiger partial charge in [-0.15, -0.1) is 0 Å². The molecule has 0 bridgehead atoms. The van der Waals surface area contributed by atoms with Crippen molar-refractivity contribution in [2.45, 2.75) is 6.92 Å². The third-order valence-electron chi connectivity index (χ3n) is 3.28. The number of rotatable bonds is 4. The zero-order chi connectivity index (χ0) is 14.8. The molecular weight excluding hydrogens is 269 g/mol. The zero-order valence-corrected chi connectivity index (χ0v) is 11.9. The van der Waals surface area contributed by atoms with Crippen molar-refractivity contribution in [2.75, 3.05) is 11.9 Å². The van der Waals surface area contributed by atoms with Crippen LogP contribution in [0, 0.1) is 5.82 Å². The van der Waals surface area contributed by atoms with E-state index in [1.807, 2.05) is 48.9 Å². The van der Waals surface area contributed by atoms with Crippen LogP contribution >= 0.6 is 0 Å². The number of fused-ring (bicyclic) bond motifs is 1. The number of aromatic nitrogens is 2. The number of anilines is 2. The Morgan fingerprint density at radius 1 is 1.19 bits per heavy atom. The summed E-state index contributed by atoms with van der Waals surface area (Å²) in [5.74, 6) is 1.10. The third kappa shape index (κ3) is 2.54. The van der Waals surface area contributed by atoms with Crippen molar-refractivity contribution in [1.29, 1.82) is 0 Å². The molecule has 3 aromatic rings. The maximum absolute atomic E-state index is 13.7. The van der Waals surface area contributed by atoms with Gasteiger partial charge in [0.2, 0.25) is 5.95 Å². The van der Waals surface area contributed by atoms with Crippen molar-refractivity contribution in [3.63, 3.8) is 0 Å². The van der Waals surface area contributed by atoms with Crippen molar-refractivity contribution in [1.82, 2.24) is 9.55 Å². The standard InChI is InChI=1S/C16H16FN3O/c1-3-21-12-9-7-11(8-10-12)18-16-19-15-13(17)5-4-6-14(15)20(16)2/h4-10H,3H2,1-2H3,(H,18,19). The van der Waals surface area contributed by atoms with Crippen molar-refractivity contribution in [3.05, 3.63) is 48.3 Å². The molecule has 0 unspecified atom stereocenters. The predicted molar refractivity (Wildman–Crippen MR) is 81.6 cm³/mol. The molecule has 3 rings (SSSR count). The number of hydrogen-bond donors (Lipinski definition) is 1. The lowest BCUT2D eigenvalue weighted by atomic mass is 10.3. The average Bonchev–Trinajstić information content (AvgIpc) is 2.80. The Morgan fingerprint density at radius 2 is 1.95 bits per heavy atom. The first-order valence-electron chi connectivity index (χ1n) is 6.80. The van der Waals surface area contributed by atoms with Crippen molar-refractivity contribution >= 4 is 22.7 Å². The molecule has 0 aliphatic heterocycles. The highest BCUT2D eigenvalue weighted by molar-refractivity contribution is 5.80. The number of imidazole rings is 1.